The van der Waals surface area contributed by atoms with Crippen LogP contribution in [0.4, 0.5) is 0 Å². The van der Waals surface area contributed by atoms with Crippen LogP contribution in [0.15, 0.2) is 30.7 Å². The maximum atomic E-state index is 5.74. The Hall–Kier alpha value is -2.01. The summed E-state index contributed by atoms with van der Waals surface area (Å²) in [6.45, 7) is 6.23. The van der Waals surface area contributed by atoms with Crippen LogP contribution in [0.1, 0.15) is 18.2 Å². The third kappa shape index (κ3) is 2.52. The van der Waals surface area contributed by atoms with Gasteiger partial charge in [0.05, 0.1) is 12.0 Å². The highest BCUT2D eigenvalue weighted by atomic mass is 15.0. The third-order valence-corrected chi connectivity index (χ3v) is 2.34. The van der Waals surface area contributed by atoms with Gasteiger partial charge < -0.3 is 4.57 Å². The van der Waals surface area contributed by atoms with Gasteiger partial charge in [-0.05, 0) is 32.4 Å². The summed E-state index contributed by atoms with van der Waals surface area (Å²) in [4.78, 5) is 4.22. The number of hydrogen-bond acceptors (Lipinski definition) is 1. The zero-order chi connectivity index (χ0) is 12.8. The predicted octanol–water partition coefficient (Wildman–Crippen LogP) is 3.05. The average molecular weight is 213 g/mol. The van der Waals surface area contributed by atoms with E-state index in [1.807, 2.05) is 19.4 Å². The highest BCUT2D eigenvalue weighted by molar-refractivity contribution is 5.42. The van der Waals surface area contributed by atoms with Gasteiger partial charge in [-0.2, -0.15) is 0 Å². The molecule has 0 fully saturated rings. The molecule has 1 aromatic heterocycles. The molecule has 1 heterocycles. The number of terminal acetylenes is 1. The Balaban J connectivity index is 0.000000437. The molecule has 0 aliphatic heterocycles. The predicted molar refractivity (Wildman–Crippen MR) is 67.7 cm³/mol. The zero-order valence-corrected chi connectivity index (χ0v) is 9.86. The van der Waals surface area contributed by atoms with E-state index in [2.05, 4.69) is 48.0 Å². The number of rotatable bonds is 1. The average Bonchev–Trinajstić information content (AvgIpc) is 2.66. The molecule has 2 aromatic rings. The van der Waals surface area contributed by atoms with Crippen LogP contribution < -0.4 is 0 Å². The van der Waals surface area contributed by atoms with Gasteiger partial charge in [-0.25, -0.2) is 4.98 Å². The Labute approximate surface area is 98.4 Å². The lowest BCUT2D eigenvalue weighted by Gasteiger charge is -2.06. The largest absolute Gasteiger partial charge is 0.306 e. The van der Waals surface area contributed by atoms with Crippen molar-refractivity contribution in [2.45, 2.75) is 20.8 Å². The topological polar surface area (TPSA) is 17.8 Å². The van der Waals surface area contributed by atoms with Gasteiger partial charge >= 0.3 is 0 Å². The van der Waals surface area contributed by atoms with Gasteiger partial charge in [0.25, 0.3) is 0 Å². The minimum atomic E-state index is 1.05. The molecule has 0 bridgehead atoms. The van der Waals surface area contributed by atoms with Crippen molar-refractivity contribution in [3.05, 3.63) is 47.5 Å². The molecular weight excluding hydrogens is 196 g/mol. The van der Waals surface area contributed by atoms with Crippen LogP contribution in [0, 0.1) is 33.6 Å². The molecule has 0 atom stereocenters. The lowest BCUT2D eigenvalue weighted by molar-refractivity contribution is 1.04. The number of aryl methyl sites for hydroxylation is 3. The Morgan fingerprint density at radius 2 is 2.00 bits per heavy atom. The zero-order valence-electron chi connectivity index (χ0n) is 10.9. The molecule has 0 amide bonds. The smallest absolute Gasteiger partial charge is 0.124 e. The van der Waals surface area contributed by atoms with Crippen molar-refractivity contribution in [1.82, 2.24) is 9.55 Å². The van der Waals surface area contributed by atoms with Crippen LogP contribution in [0.5, 0.6) is 0 Å². The van der Waals surface area contributed by atoms with E-state index in [4.69, 9.17) is 1.37 Å². The second-order valence-electron chi connectivity index (χ2n) is 3.71. The van der Waals surface area contributed by atoms with Gasteiger partial charge in [0.15, 0.2) is 0 Å². The molecule has 0 unspecified atom stereocenters. The minimum absolute atomic E-state index is 1.05. The van der Waals surface area contributed by atoms with Crippen molar-refractivity contribution in [2.24, 2.45) is 0 Å². The van der Waals surface area contributed by atoms with Gasteiger partial charge in [0.1, 0.15) is 1.37 Å². The highest BCUT2D eigenvalue weighted by Crippen LogP contribution is 2.15. The first-order valence-corrected chi connectivity index (χ1v) is 5.04. The van der Waals surface area contributed by atoms with E-state index in [0.717, 1.165) is 5.69 Å². The van der Waals surface area contributed by atoms with Crippen molar-refractivity contribution >= 4 is 0 Å². The van der Waals surface area contributed by atoms with Gasteiger partial charge in [0.2, 0.25) is 0 Å². The summed E-state index contributed by atoms with van der Waals surface area (Å²) in [5.41, 5.74) is 4.83. The number of aromatic nitrogens is 2. The molecule has 82 valence electrons. The maximum Gasteiger partial charge on any atom is 0.124 e. The van der Waals surface area contributed by atoms with E-state index >= 15 is 0 Å². The summed E-state index contributed by atoms with van der Waals surface area (Å²) in [5, 5.41) is 0. The Bertz CT molecular complexity index is 535. The van der Waals surface area contributed by atoms with Crippen molar-refractivity contribution in [3.63, 3.8) is 0 Å². The standard InChI is InChI=1S/C12H14N2.C2H2/c1-9-4-5-12(10(2)6-9)14-7-11(3)13-8-14;1-2/h4-8H,1-3H3;1-2H/i;1D. The third-order valence-electron chi connectivity index (χ3n) is 2.34. The molecule has 0 aliphatic carbocycles. The first kappa shape index (κ1) is 10.5. The van der Waals surface area contributed by atoms with E-state index in [0.29, 0.717) is 0 Å². The van der Waals surface area contributed by atoms with E-state index in [-0.39, 0.29) is 0 Å². The molecule has 2 nitrogen and oxygen atoms in total. The van der Waals surface area contributed by atoms with Gasteiger partial charge in [-0.1, -0.05) is 17.7 Å². The lowest BCUT2D eigenvalue weighted by Crippen LogP contribution is -1.93. The van der Waals surface area contributed by atoms with Gasteiger partial charge in [-0.15, -0.1) is 12.8 Å². The van der Waals surface area contributed by atoms with Crippen LogP contribution in [0.3, 0.4) is 0 Å². The summed E-state index contributed by atoms with van der Waals surface area (Å²) < 4.78 is 7.80. The van der Waals surface area contributed by atoms with E-state index in [1.54, 1.807) is 0 Å². The second kappa shape index (κ2) is 5.18. The van der Waals surface area contributed by atoms with E-state index in [9.17, 15) is 0 Å². The summed E-state index contributed by atoms with van der Waals surface area (Å²) >= 11 is 0. The molecule has 0 radical (unpaired) electrons. The van der Waals surface area contributed by atoms with Crippen LogP contribution >= 0.6 is 0 Å². The van der Waals surface area contributed by atoms with Crippen molar-refractivity contribution in [2.75, 3.05) is 0 Å². The molecular formula is C14H16N2. The van der Waals surface area contributed by atoms with Crippen LogP contribution in [0.2, 0.25) is 0 Å². The normalized spacial score (nSPS) is 9.75. The lowest BCUT2D eigenvalue weighted by atomic mass is 10.1. The summed E-state index contributed by atoms with van der Waals surface area (Å²) in [7, 11) is 0. The number of hydrogen-bond donors (Lipinski definition) is 0. The van der Waals surface area contributed by atoms with Crippen molar-refractivity contribution < 1.29 is 1.37 Å². The molecule has 2 heteroatoms. The Morgan fingerprint density at radius 3 is 2.50 bits per heavy atom. The molecule has 0 spiro atoms. The first-order chi connectivity index (χ1) is 8.08. The van der Waals surface area contributed by atoms with Crippen molar-refractivity contribution in [3.8, 4) is 18.5 Å². The number of nitrogens with zero attached hydrogens (tertiary/aromatic N) is 2. The first-order valence-electron chi connectivity index (χ1n) is 5.54. The Kier molecular flexibility index (Phi) is 3.40. The number of imidazole rings is 1. The molecule has 0 saturated carbocycles. The van der Waals surface area contributed by atoms with Crippen LogP contribution in [0.25, 0.3) is 5.69 Å². The Morgan fingerprint density at radius 1 is 1.31 bits per heavy atom. The maximum absolute atomic E-state index is 5.74. The molecule has 2 rings (SSSR count). The SMILES string of the molecule is Cc1ccc(-n2cnc(C)c2)c(C)c1.[2H]C#C. The fourth-order valence-corrected chi connectivity index (χ4v) is 1.65. The molecule has 0 saturated heterocycles. The molecule has 0 N–H and O–H groups in total. The fourth-order valence-electron chi connectivity index (χ4n) is 1.65. The second-order valence-corrected chi connectivity index (χ2v) is 3.71. The van der Waals surface area contributed by atoms with Crippen LogP contribution in [-0.2, 0) is 0 Å². The summed E-state index contributed by atoms with van der Waals surface area (Å²) in [6, 6.07) is 6.44. The molecule has 0 aliphatic rings. The molecule has 1 aromatic carbocycles. The highest BCUT2D eigenvalue weighted by Gasteiger charge is 2.00. The minimum Gasteiger partial charge on any atom is -0.306 e. The summed E-state index contributed by atoms with van der Waals surface area (Å²) in [5.74, 6) is 0. The van der Waals surface area contributed by atoms with E-state index < -0.39 is 0 Å². The van der Waals surface area contributed by atoms with Gasteiger partial charge in [-0.3, -0.25) is 0 Å². The number of benzene rings is 1. The van der Waals surface area contributed by atoms with Crippen LogP contribution in [-0.4, -0.2) is 9.55 Å². The summed E-state index contributed by atoms with van der Waals surface area (Å²) in [6.07, 6.45) is 9.66. The van der Waals surface area contributed by atoms with E-state index in [1.165, 1.54) is 23.2 Å². The quantitative estimate of drug-likeness (QED) is 0.666. The van der Waals surface area contributed by atoms with Gasteiger partial charge in [0, 0.05) is 11.9 Å². The van der Waals surface area contributed by atoms with Crippen molar-refractivity contribution in [1.29, 1.82) is 0 Å². The fraction of sp³-hybridized carbons (Fsp3) is 0.214. The monoisotopic (exact) mass is 213 g/mol. The molecule has 16 heavy (non-hydrogen) atoms.